The van der Waals surface area contributed by atoms with Gasteiger partial charge in [-0.1, -0.05) is 35.5 Å². The molecule has 32 heavy (non-hydrogen) atoms. The third-order valence-electron chi connectivity index (χ3n) is 7.31. The van der Waals surface area contributed by atoms with Gasteiger partial charge >= 0.3 is 6.03 Å². The molecule has 0 unspecified atom stereocenters. The number of urea groups is 1. The van der Waals surface area contributed by atoms with Crippen LogP contribution in [0.2, 0.25) is 0 Å². The molecule has 0 aliphatic heterocycles. The van der Waals surface area contributed by atoms with Crippen molar-refractivity contribution in [2.75, 3.05) is 5.75 Å². The molecule has 6 rings (SSSR count). The first-order valence-corrected chi connectivity index (χ1v) is 12.7. The Bertz CT molecular complexity index is 998. The van der Waals surface area contributed by atoms with Crippen molar-refractivity contribution in [1.82, 2.24) is 25.4 Å². The second-order valence-electron chi connectivity index (χ2n) is 9.91. The zero-order valence-electron chi connectivity index (χ0n) is 18.8. The number of thioether (sulfide) groups is 1. The van der Waals surface area contributed by atoms with Gasteiger partial charge in [0.15, 0.2) is 11.0 Å². The summed E-state index contributed by atoms with van der Waals surface area (Å²) in [4.78, 5) is 25.1. The first-order valence-electron chi connectivity index (χ1n) is 11.7. The van der Waals surface area contributed by atoms with E-state index in [0.717, 1.165) is 54.0 Å². The van der Waals surface area contributed by atoms with Crippen LogP contribution in [0.1, 0.15) is 51.0 Å². The van der Waals surface area contributed by atoms with Gasteiger partial charge in [-0.3, -0.25) is 10.1 Å². The third-order valence-corrected chi connectivity index (χ3v) is 8.28. The molecule has 4 aliphatic carbocycles. The van der Waals surface area contributed by atoms with E-state index in [1.807, 2.05) is 36.6 Å². The largest absolute Gasteiger partial charge is 0.332 e. The Morgan fingerprint density at radius 1 is 1.12 bits per heavy atom. The number of amides is 3. The number of imide groups is 1. The van der Waals surface area contributed by atoms with Crippen molar-refractivity contribution in [3.63, 3.8) is 0 Å². The van der Waals surface area contributed by atoms with Crippen LogP contribution in [0.4, 0.5) is 4.79 Å². The molecule has 0 saturated heterocycles. The van der Waals surface area contributed by atoms with E-state index in [4.69, 9.17) is 0 Å². The lowest BCUT2D eigenvalue weighted by molar-refractivity contribution is -0.117. The van der Waals surface area contributed by atoms with Crippen LogP contribution in [0.5, 0.6) is 0 Å². The van der Waals surface area contributed by atoms with Crippen LogP contribution < -0.4 is 10.6 Å². The van der Waals surface area contributed by atoms with Gasteiger partial charge in [0, 0.05) is 17.6 Å². The molecule has 4 bridgehead atoms. The molecular formula is C24H31N5O2S. The summed E-state index contributed by atoms with van der Waals surface area (Å²) in [6.07, 6.45) is 7.16. The van der Waals surface area contributed by atoms with E-state index >= 15 is 0 Å². The Balaban J connectivity index is 1.17. The molecule has 7 nitrogen and oxygen atoms in total. The summed E-state index contributed by atoms with van der Waals surface area (Å²) in [5, 5.41) is 15.0. The first-order chi connectivity index (χ1) is 15.4. The Morgan fingerprint density at radius 3 is 2.44 bits per heavy atom. The summed E-state index contributed by atoms with van der Waals surface area (Å²) < 4.78 is 2.00. The minimum Gasteiger partial charge on any atom is -0.332 e. The molecular weight excluding hydrogens is 422 g/mol. The zero-order valence-corrected chi connectivity index (χ0v) is 19.6. The minimum atomic E-state index is -0.352. The fraction of sp³-hybridized carbons (Fsp3) is 0.583. The Morgan fingerprint density at radius 2 is 1.81 bits per heavy atom. The molecule has 2 N–H and O–H groups in total. The summed E-state index contributed by atoms with van der Waals surface area (Å²) in [6, 6.07) is 7.78. The lowest BCUT2D eigenvalue weighted by Crippen LogP contribution is -2.61. The number of carbonyl (C=O) groups excluding carboxylic acids is 2. The molecule has 1 aromatic carbocycles. The van der Waals surface area contributed by atoms with E-state index in [-0.39, 0.29) is 23.2 Å². The van der Waals surface area contributed by atoms with E-state index in [1.54, 1.807) is 0 Å². The van der Waals surface area contributed by atoms with Crippen molar-refractivity contribution in [3.8, 4) is 11.4 Å². The number of nitrogens with zero attached hydrogens (tertiary/aromatic N) is 3. The average molecular weight is 454 g/mol. The SMILES string of the molecule is CCn1c(SCC(=O)NC(=O)NC23CC4CC(CC(C4)C2)C3)nnc1-c1cccc(C)c1. The smallest absolute Gasteiger partial charge is 0.321 e. The fourth-order valence-electron chi connectivity index (χ4n) is 6.51. The van der Waals surface area contributed by atoms with Crippen molar-refractivity contribution in [1.29, 1.82) is 0 Å². The number of nitrogens with one attached hydrogen (secondary N) is 2. The van der Waals surface area contributed by atoms with Gasteiger partial charge in [0.05, 0.1) is 5.75 Å². The summed E-state index contributed by atoms with van der Waals surface area (Å²) in [6.45, 7) is 4.78. The molecule has 4 saturated carbocycles. The lowest BCUT2D eigenvalue weighted by Gasteiger charge is -2.56. The maximum absolute atomic E-state index is 12.6. The molecule has 2 aromatic rings. The van der Waals surface area contributed by atoms with Crippen LogP contribution in [0.15, 0.2) is 29.4 Å². The van der Waals surface area contributed by atoms with Gasteiger partial charge < -0.3 is 9.88 Å². The topological polar surface area (TPSA) is 88.9 Å². The molecule has 1 aromatic heterocycles. The molecule has 4 fully saturated rings. The highest BCUT2D eigenvalue weighted by molar-refractivity contribution is 7.99. The van der Waals surface area contributed by atoms with Crippen LogP contribution in [0.3, 0.4) is 0 Å². The number of benzene rings is 1. The average Bonchev–Trinajstić information content (AvgIpc) is 3.13. The van der Waals surface area contributed by atoms with Crippen molar-refractivity contribution in [3.05, 3.63) is 29.8 Å². The number of rotatable bonds is 6. The van der Waals surface area contributed by atoms with Crippen molar-refractivity contribution in [2.45, 2.75) is 69.6 Å². The zero-order chi connectivity index (χ0) is 22.3. The predicted molar refractivity (Wildman–Crippen MR) is 124 cm³/mol. The van der Waals surface area contributed by atoms with E-state index in [0.29, 0.717) is 11.7 Å². The molecule has 0 radical (unpaired) electrons. The van der Waals surface area contributed by atoms with E-state index < -0.39 is 0 Å². The number of aryl methyl sites for hydroxylation is 1. The molecule has 0 atom stereocenters. The Labute approximate surface area is 193 Å². The van der Waals surface area contributed by atoms with Gasteiger partial charge in [-0.2, -0.15) is 0 Å². The van der Waals surface area contributed by atoms with Gasteiger partial charge in [0.25, 0.3) is 0 Å². The van der Waals surface area contributed by atoms with Crippen molar-refractivity contribution in [2.24, 2.45) is 17.8 Å². The highest BCUT2D eigenvalue weighted by Gasteiger charge is 2.51. The van der Waals surface area contributed by atoms with Crippen molar-refractivity contribution < 1.29 is 9.59 Å². The van der Waals surface area contributed by atoms with Gasteiger partial charge in [0.1, 0.15) is 0 Å². The highest BCUT2D eigenvalue weighted by Crippen LogP contribution is 2.55. The molecule has 4 aliphatic rings. The van der Waals surface area contributed by atoms with Crippen LogP contribution >= 0.6 is 11.8 Å². The summed E-state index contributed by atoms with van der Waals surface area (Å²) in [7, 11) is 0. The monoisotopic (exact) mass is 453 g/mol. The lowest BCUT2D eigenvalue weighted by atomic mass is 9.53. The summed E-state index contributed by atoms with van der Waals surface area (Å²) in [5.41, 5.74) is 2.06. The third kappa shape index (κ3) is 4.29. The highest BCUT2D eigenvalue weighted by atomic mass is 32.2. The molecule has 8 heteroatoms. The van der Waals surface area contributed by atoms with Crippen LogP contribution in [0, 0.1) is 24.7 Å². The quantitative estimate of drug-likeness (QED) is 0.641. The Hall–Kier alpha value is -2.35. The normalized spacial score (nSPS) is 28.0. The maximum Gasteiger partial charge on any atom is 0.321 e. The van der Waals surface area contributed by atoms with E-state index in [1.165, 1.54) is 31.0 Å². The molecule has 170 valence electrons. The molecule has 1 heterocycles. The Kier molecular flexibility index (Phi) is 5.73. The summed E-state index contributed by atoms with van der Waals surface area (Å²) in [5.74, 6) is 2.85. The molecule has 3 amide bonds. The van der Waals surface area contributed by atoms with Crippen LogP contribution in [-0.2, 0) is 11.3 Å². The second-order valence-corrected chi connectivity index (χ2v) is 10.9. The number of carbonyl (C=O) groups is 2. The maximum atomic E-state index is 12.6. The van der Waals surface area contributed by atoms with Gasteiger partial charge in [0.2, 0.25) is 5.91 Å². The minimum absolute atomic E-state index is 0.0998. The number of aromatic nitrogens is 3. The van der Waals surface area contributed by atoms with Crippen LogP contribution in [0.25, 0.3) is 11.4 Å². The number of hydrogen-bond donors (Lipinski definition) is 2. The van der Waals surface area contributed by atoms with Crippen LogP contribution in [-0.4, -0.2) is 38.0 Å². The molecule has 0 spiro atoms. The standard InChI is InChI=1S/C24H31N5O2S/c1-3-29-21(19-6-4-5-15(2)7-19)27-28-23(29)32-14-20(30)25-22(31)26-24-11-16-8-17(12-24)10-18(9-16)13-24/h4-7,16-18H,3,8-14H2,1-2H3,(H2,25,26,30,31). The van der Waals surface area contributed by atoms with Gasteiger partial charge in [-0.25, -0.2) is 4.79 Å². The predicted octanol–water partition coefficient (Wildman–Crippen LogP) is 4.16. The number of hydrogen-bond acceptors (Lipinski definition) is 5. The van der Waals surface area contributed by atoms with E-state index in [9.17, 15) is 9.59 Å². The first kappa shape index (κ1) is 21.5. The van der Waals surface area contributed by atoms with Gasteiger partial charge in [-0.05, 0) is 76.2 Å². The summed E-state index contributed by atoms with van der Waals surface area (Å²) >= 11 is 1.31. The van der Waals surface area contributed by atoms with Crippen molar-refractivity contribution >= 4 is 23.7 Å². The fourth-order valence-corrected chi connectivity index (χ4v) is 7.31. The second kappa shape index (κ2) is 8.54. The van der Waals surface area contributed by atoms with E-state index in [2.05, 4.69) is 26.9 Å². The van der Waals surface area contributed by atoms with Gasteiger partial charge in [-0.15, -0.1) is 10.2 Å².